The van der Waals surface area contributed by atoms with Crippen LogP contribution in [0, 0.1) is 0 Å². The van der Waals surface area contributed by atoms with Crippen LogP contribution in [0.1, 0.15) is 25.0 Å². The van der Waals surface area contributed by atoms with Crippen LogP contribution in [0.25, 0.3) is 62.7 Å². The Labute approximate surface area is 280 Å². The first-order valence-electron chi connectivity index (χ1n) is 16.4. The second kappa shape index (κ2) is 9.93. The van der Waals surface area contributed by atoms with Crippen LogP contribution in [0.15, 0.2) is 152 Å². The summed E-state index contributed by atoms with van der Waals surface area (Å²) in [5.41, 5.74) is 8.95. The van der Waals surface area contributed by atoms with Crippen molar-refractivity contribution in [1.29, 1.82) is 0 Å². The van der Waals surface area contributed by atoms with Crippen molar-refractivity contribution in [1.82, 2.24) is 0 Å². The Morgan fingerprint density at radius 3 is 2.09 bits per heavy atom. The third kappa shape index (κ3) is 3.83. The fourth-order valence-electron chi connectivity index (χ4n) is 8.18. The second-order valence-corrected chi connectivity index (χ2v) is 15.5. The maximum absolute atomic E-state index is 2.54. The molecule has 0 saturated carbocycles. The summed E-state index contributed by atoms with van der Waals surface area (Å²) >= 11 is 0.267. The van der Waals surface area contributed by atoms with Crippen LogP contribution in [0.4, 0.5) is 17.1 Å². The van der Waals surface area contributed by atoms with E-state index in [2.05, 4.69) is 170 Å². The average Bonchev–Trinajstić information content (AvgIpc) is 3.61. The molecule has 1 aliphatic rings. The Bertz CT molecular complexity index is 2730. The van der Waals surface area contributed by atoms with Crippen molar-refractivity contribution in [2.24, 2.45) is 0 Å². The summed E-state index contributed by atoms with van der Waals surface area (Å²) in [6.07, 6.45) is 0. The van der Waals surface area contributed by atoms with Crippen LogP contribution in [-0.4, -0.2) is 14.5 Å². The average molecular weight is 665 g/mol. The molecule has 1 aliphatic carbocycles. The van der Waals surface area contributed by atoms with Gasteiger partial charge in [0.25, 0.3) is 0 Å². The first-order chi connectivity index (χ1) is 23.1. The molecule has 2 heteroatoms. The maximum atomic E-state index is 2.54. The molecule has 0 bridgehead atoms. The first-order valence-corrected chi connectivity index (χ1v) is 18.1. The Balaban J connectivity index is 1.33. The number of nitrogens with zero attached hydrogens (tertiary/aromatic N) is 1. The summed E-state index contributed by atoms with van der Waals surface area (Å²) in [5, 5.41) is 10.6. The molecule has 47 heavy (non-hydrogen) atoms. The van der Waals surface area contributed by atoms with E-state index in [1.54, 1.807) is 0 Å². The van der Waals surface area contributed by atoms with Crippen molar-refractivity contribution in [3.8, 4) is 11.1 Å². The van der Waals surface area contributed by atoms with Gasteiger partial charge in [-0.25, -0.2) is 0 Å². The quantitative estimate of drug-likeness (QED) is 0.134. The summed E-state index contributed by atoms with van der Waals surface area (Å²) in [6.45, 7) is 4.74. The molecule has 0 N–H and O–H groups in total. The van der Waals surface area contributed by atoms with Crippen LogP contribution >= 0.6 is 0 Å². The zero-order valence-electron chi connectivity index (χ0n) is 26.3. The summed E-state index contributed by atoms with van der Waals surface area (Å²) < 4.78 is 2.99. The molecular weight excluding hydrogens is 633 g/mol. The van der Waals surface area contributed by atoms with Gasteiger partial charge in [-0.3, -0.25) is 0 Å². The van der Waals surface area contributed by atoms with Gasteiger partial charge in [0.15, 0.2) is 0 Å². The van der Waals surface area contributed by atoms with Gasteiger partial charge >= 0.3 is 281 Å². The fourth-order valence-corrected chi connectivity index (χ4v) is 10.9. The van der Waals surface area contributed by atoms with E-state index < -0.39 is 0 Å². The zero-order chi connectivity index (χ0) is 31.3. The number of anilines is 3. The van der Waals surface area contributed by atoms with Gasteiger partial charge < -0.3 is 0 Å². The minimum absolute atomic E-state index is 0.0832. The molecule has 0 fully saturated rings. The molecule has 222 valence electrons. The SMILES string of the molecule is CC1(C)c2ccccc2-c2c(N(c3ccc4ccccc4c3)c3cc4ccc5c6ccccc6[se]c5c4c4ccccc34)cccc21. The predicted octanol–water partition coefficient (Wildman–Crippen LogP) is 12.3. The molecule has 1 aromatic heterocycles. The number of hydrogen-bond acceptors (Lipinski definition) is 1. The number of hydrogen-bond donors (Lipinski definition) is 0. The van der Waals surface area contributed by atoms with E-state index in [-0.39, 0.29) is 19.9 Å². The van der Waals surface area contributed by atoms with Crippen molar-refractivity contribution in [3.63, 3.8) is 0 Å². The van der Waals surface area contributed by atoms with Gasteiger partial charge in [-0.15, -0.1) is 0 Å². The van der Waals surface area contributed by atoms with Crippen LogP contribution in [0.3, 0.4) is 0 Å². The molecule has 1 heterocycles. The van der Waals surface area contributed by atoms with Crippen LogP contribution in [0.2, 0.25) is 0 Å². The standard InChI is InChI=1S/C45H31NSe/c1-45(2)37-18-9-7-17-36(37)43-38(45)19-11-20-39(43)46(31-24-22-28-12-3-4-13-29(28)26-31)40-27-30-23-25-35-33-15-8-10-21-41(33)47-44(35)42(30)34-16-6-5-14-32(34)40/h3-27H,1-2H3. The number of rotatable bonds is 3. The van der Waals surface area contributed by atoms with Gasteiger partial charge in [-0.2, -0.15) is 0 Å². The van der Waals surface area contributed by atoms with Gasteiger partial charge in [-0.05, 0) is 0 Å². The van der Waals surface area contributed by atoms with E-state index in [0.717, 1.165) is 0 Å². The Morgan fingerprint density at radius 2 is 1.19 bits per heavy atom. The molecule has 1 nitrogen and oxygen atoms in total. The van der Waals surface area contributed by atoms with Crippen molar-refractivity contribution in [3.05, 3.63) is 163 Å². The van der Waals surface area contributed by atoms with Crippen molar-refractivity contribution in [2.75, 3.05) is 4.90 Å². The molecule has 10 rings (SSSR count). The molecule has 0 saturated heterocycles. The summed E-state index contributed by atoms with van der Waals surface area (Å²) in [4.78, 5) is 2.54. The molecule has 9 aromatic rings. The van der Waals surface area contributed by atoms with E-state index in [1.807, 2.05) is 0 Å². The second-order valence-electron chi connectivity index (χ2n) is 13.3. The van der Waals surface area contributed by atoms with Crippen LogP contribution in [0.5, 0.6) is 0 Å². The molecule has 0 radical (unpaired) electrons. The first kappa shape index (κ1) is 27.0. The van der Waals surface area contributed by atoms with Crippen LogP contribution in [-0.2, 0) is 5.41 Å². The Hall–Kier alpha value is -5.14. The van der Waals surface area contributed by atoms with E-state index >= 15 is 0 Å². The van der Waals surface area contributed by atoms with Gasteiger partial charge in [0.2, 0.25) is 0 Å². The molecule has 8 aromatic carbocycles. The monoisotopic (exact) mass is 665 g/mol. The molecule has 0 amide bonds. The molecular formula is C45H31NSe. The van der Waals surface area contributed by atoms with E-state index in [4.69, 9.17) is 0 Å². The third-order valence-corrected chi connectivity index (χ3v) is 12.9. The summed E-state index contributed by atoms with van der Waals surface area (Å²) in [6, 6.07) is 56.8. The van der Waals surface area contributed by atoms with E-state index in [0.29, 0.717) is 0 Å². The molecule has 0 aliphatic heterocycles. The van der Waals surface area contributed by atoms with E-state index in [1.165, 1.54) is 90.9 Å². The van der Waals surface area contributed by atoms with Gasteiger partial charge in [0.1, 0.15) is 0 Å². The third-order valence-electron chi connectivity index (χ3n) is 10.4. The van der Waals surface area contributed by atoms with E-state index in [9.17, 15) is 0 Å². The number of fused-ring (bicyclic) bond motifs is 11. The molecule has 0 spiro atoms. The molecule has 0 atom stereocenters. The van der Waals surface area contributed by atoms with Crippen molar-refractivity contribution < 1.29 is 0 Å². The summed E-state index contributed by atoms with van der Waals surface area (Å²) in [5.74, 6) is 0. The minimum atomic E-state index is -0.0832. The van der Waals surface area contributed by atoms with Gasteiger partial charge in [0, 0.05) is 0 Å². The van der Waals surface area contributed by atoms with Crippen molar-refractivity contribution >= 4 is 83.2 Å². The Morgan fingerprint density at radius 1 is 0.489 bits per heavy atom. The van der Waals surface area contributed by atoms with Crippen LogP contribution < -0.4 is 4.90 Å². The fraction of sp³-hybridized carbons (Fsp3) is 0.0667. The zero-order valence-corrected chi connectivity index (χ0v) is 28.0. The Kier molecular flexibility index (Phi) is 5.71. The normalized spacial score (nSPS) is 13.5. The van der Waals surface area contributed by atoms with Gasteiger partial charge in [-0.1, -0.05) is 0 Å². The molecule has 0 unspecified atom stereocenters. The van der Waals surface area contributed by atoms with Gasteiger partial charge in [0.05, 0.1) is 0 Å². The topological polar surface area (TPSA) is 3.24 Å². The predicted molar refractivity (Wildman–Crippen MR) is 203 cm³/mol. The summed E-state index contributed by atoms with van der Waals surface area (Å²) in [7, 11) is 0. The van der Waals surface area contributed by atoms with Crippen molar-refractivity contribution in [2.45, 2.75) is 19.3 Å². The number of benzene rings is 8.